The number of oxime groups is 1. The van der Waals surface area contributed by atoms with Crippen molar-refractivity contribution >= 4 is 5.71 Å². The molecule has 0 amide bonds. The SMILES string of the molecule is C/C(CCN1CCc2nc(-c3ccccc3)c(-c3ccccc3)cc2C1)=N\O[C@@H](C)c1cn([C@H](CO)Cc2ccccc2)nn1. The fourth-order valence-corrected chi connectivity index (χ4v) is 5.75. The molecule has 0 radical (unpaired) electrons. The van der Waals surface area contributed by atoms with Gasteiger partial charge in [0.2, 0.25) is 0 Å². The molecular formula is C37H40N6O2. The summed E-state index contributed by atoms with van der Waals surface area (Å²) < 4.78 is 1.72. The van der Waals surface area contributed by atoms with Gasteiger partial charge < -0.3 is 9.94 Å². The molecular weight excluding hydrogens is 560 g/mol. The smallest absolute Gasteiger partial charge is 0.169 e. The van der Waals surface area contributed by atoms with Crippen LogP contribution in [0.4, 0.5) is 0 Å². The van der Waals surface area contributed by atoms with Gasteiger partial charge in [-0.2, -0.15) is 0 Å². The fourth-order valence-electron chi connectivity index (χ4n) is 5.75. The lowest BCUT2D eigenvalue weighted by Crippen LogP contribution is -2.32. The quantitative estimate of drug-likeness (QED) is 0.127. The van der Waals surface area contributed by atoms with Crippen LogP contribution in [0.2, 0.25) is 0 Å². The van der Waals surface area contributed by atoms with Crippen molar-refractivity contribution in [2.24, 2.45) is 5.16 Å². The molecule has 8 nitrogen and oxygen atoms in total. The van der Waals surface area contributed by atoms with Crippen molar-refractivity contribution in [3.05, 3.63) is 126 Å². The van der Waals surface area contributed by atoms with Crippen LogP contribution < -0.4 is 0 Å². The maximum atomic E-state index is 9.96. The number of fused-ring (bicyclic) bond motifs is 1. The van der Waals surface area contributed by atoms with Gasteiger partial charge in [0.1, 0.15) is 5.69 Å². The number of hydrogen-bond donors (Lipinski definition) is 1. The molecule has 2 atom stereocenters. The van der Waals surface area contributed by atoms with Gasteiger partial charge in [0.15, 0.2) is 6.10 Å². The molecule has 2 aromatic heterocycles. The first-order chi connectivity index (χ1) is 22.1. The summed E-state index contributed by atoms with van der Waals surface area (Å²) in [6, 6.07) is 33.2. The molecule has 6 rings (SSSR count). The van der Waals surface area contributed by atoms with Crippen LogP contribution in [0.1, 0.15) is 54.9 Å². The largest absolute Gasteiger partial charge is 0.394 e. The number of aliphatic hydroxyl groups is 1. The van der Waals surface area contributed by atoms with Gasteiger partial charge in [0.25, 0.3) is 0 Å². The molecule has 0 spiro atoms. The zero-order chi connectivity index (χ0) is 31.0. The third-order valence-corrected chi connectivity index (χ3v) is 8.38. The molecule has 1 aliphatic heterocycles. The molecule has 0 unspecified atom stereocenters. The van der Waals surface area contributed by atoms with Crippen LogP contribution in [-0.4, -0.2) is 55.4 Å². The number of benzene rings is 3. The second kappa shape index (κ2) is 14.4. The number of hydrogen-bond acceptors (Lipinski definition) is 7. The molecule has 3 aromatic carbocycles. The van der Waals surface area contributed by atoms with Crippen molar-refractivity contribution in [1.29, 1.82) is 0 Å². The third kappa shape index (κ3) is 7.53. The van der Waals surface area contributed by atoms with Crippen LogP contribution in [0.5, 0.6) is 0 Å². The Bertz CT molecular complexity index is 1710. The van der Waals surface area contributed by atoms with E-state index in [-0.39, 0.29) is 18.8 Å². The summed E-state index contributed by atoms with van der Waals surface area (Å²) in [5.41, 5.74) is 9.77. The lowest BCUT2D eigenvalue weighted by atomic mass is 9.94. The summed E-state index contributed by atoms with van der Waals surface area (Å²) in [7, 11) is 0. The van der Waals surface area contributed by atoms with E-state index >= 15 is 0 Å². The summed E-state index contributed by atoms with van der Waals surface area (Å²) in [4.78, 5) is 13.5. The van der Waals surface area contributed by atoms with Gasteiger partial charge in [-0.3, -0.25) is 9.88 Å². The first-order valence-electron chi connectivity index (χ1n) is 15.7. The second-order valence-corrected chi connectivity index (χ2v) is 11.7. The minimum absolute atomic E-state index is 0.0248. The van der Waals surface area contributed by atoms with Gasteiger partial charge >= 0.3 is 0 Å². The van der Waals surface area contributed by atoms with Crippen molar-refractivity contribution in [3.8, 4) is 22.4 Å². The maximum Gasteiger partial charge on any atom is 0.169 e. The van der Waals surface area contributed by atoms with E-state index in [0.29, 0.717) is 12.1 Å². The van der Waals surface area contributed by atoms with Crippen LogP contribution in [-0.2, 0) is 24.2 Å². The molecule has 8 heteroatoms. The Morgan fingerprint density at radius 3 is 2.36 bits per heavy atom. The Balaban J connectivity index is 1.06. The van der Waals surface area contributed by atoms with Crippen LogP contribution in [0, 0.1) is 0 Å². The summed E-state index contributed by atoms with van der Waals surface area (Å²) >= 11 is 0. The average Bonchev–Trinajstić information content (AvgIpc) is 3.59. The molecule has 5 aromatic rings. The van der Waals surface area contributed by atoms with Gasteiger partial charge in [-0.05, 0) is 43.0 Å². The molecule has 3 heterocycles. The van der Waals surface area contributed by atoms with Gasteiger partial charge in [-0.25, -0.2) is 4.68 Å². The lowest BCUT2D eigenvalue weighted by Gasteiger charge is -2.29. The molecule has 0 bridgehead atoms. The van der Waals surface area contributed by atoms with Gasteiger partial charge in [-0.1, -0.05) is 101 Å². The number of aliphatic hydroxyl groups excluding tert-OH is 1. The highest BCUT2D eigenvalue weighted by Gasteiger charge is 2.22. The van der Waals surface area contributed by atoms with Crippen LogP contribution in [0.25, 0.3) is 22.4 Å². The van der Waals surface area contributed by atoms with E-state index in [1.54, 1.807) is 4.68 Å². The molecule has 0 saturated heterocycles. The lowest BCUT2D eigenvalue weighted by molar-refractivity contribution is 0.0683. The highest BCUT2D eigenvalue weighted by molar-refractivity contribution is 5.82. The van der Waals surface area contributed by atoms with Gasteiger partial charge in [0, 0.05) is 49.3 Å². The van der Waals surface area contributed by atoms with Crippen LogP contribution >= 0.6 is 0 Å². The highest BCUT2D eigenvalue weighted by atomic mass is 16.6. The van der Waals surface area contributed by atoms with E-state index in [1.807, 2.05) is 56.4 Å². The maximum absolute atomic E-state index is 9.96. The predicted octanol–water partition coefficient (Wildman–Crippen LogP) is 6.69. The predicted molar refractivity (Wildman–Crippen MR) is 178 cm³/mol. The van der Waals surface area contributed by atoms with Crippen LogP contribution in [0.3, 0.4) is 0 Å². The fraction of sp³-hybridized carbons (Fsp3) is 0.297. The average molecular weight is 601 g/mol. The molecule has 230 valence electrons. The normalized spacial score (nSPS) is 15.0. The first-order valence-corrected chi connectivity index (χ1v) is 15.7. The van der Waals surface area contributed by atoms with E-state index in [2.05, 4.69) is 81.0 Å². The Labute approximate surface area is 265 Å². The van der Waals surface area contributed by atoms with Crippen molar-refractivity contribution in [2.75, 3.05) is 19.7 Å². The number of pyridine rings is 1. The molecule has 0 saturated carbocycles. The zero-order valence-corrected chi connectivity index (χ0v) is 26.0. The number of rotatable bonds is 12. The van der Waals surface area contributed by atoms with Crippen molar-refractivity contribution in [1.82, 2.24) is 24.9 Å². The molecule has 45 heavy (non-hydrogen) atoms. The minimum Gasteiger partial charge on any atom is -0.394 e. The van der Waals surface area contributed by atoms with Crippen molar-refractivity contribution in [3.63, 3.8) is 0 Å². The minimum atomic E-state index is -0.354. The topological polar surface area (TPSA) is 88.7 Å². The van der Waals surface area contributed by atoms with Gasteiger partial charge in [-0.15, -0.1) is 5.10 Å². The summed E-state index contributed by atoms with van der Waals surface area (Å²) in [5, 5.41) is 22.9. The van der Waals surface area contributed by atoms with E-state index in [4.69, 9.17) is 9.82 Å². The monoisotopic (exact) mass is 600 g/mol. The summed E-state index contributed by atoms with van der Waals surface area (Å²) in [6.07, 6.45) is 3.88. The standard InChI is InChI=1S/C37H40N6O2/c1-27(40-45-28(2)36-25-43(41-39-36)33(26-44)22-29-12-6-3-7-13-29)18-20-42-21-19-35-32(24-42)23-34(30-14-8-4-9-15-30)37(38-35)31-16-10-5-11-17-31/h3-17,23,25,28,33,44H,18-22,24,26H2,1-2H3/b40-27+/t28-,33-/m0/s1. The Morgan fingerprint density at radius 2 is 1.64 bits per heavy atom. The highest BCUT2D eigenvalue weighted by Crippen LogP contribution is 2.34. The molecule has 0 aliphatic carbocycles. The molecule has 1 aliphatic rings. The second-order valence-electron chi connectivity index (χ2n) is 11.7. The third-order valence-electron chi connectivity index (χ3n) is 8.38. The molecule has 1 N–H and O–H groups in total. The van der Waals surface area contributed by atoms with Crippen molar-refractivity contribution < 1.29 is 9.94 Å². The van der Waals surface area contributed by atoms with E-state index in [1.165, 1.54) is 22.4 Å². The Morgan fingerprint density at radius 1 is 0.956 bits per heavy atom. The van der Waals surface area contributed by atoms with Crippen molar-refractivity contribution in [2.45, 2.75) is 51.8 Å². The summed E-state index contributed by atoms with van der Waals surface area (Å²) in [5.74, 6) is 0. The zero-order valence-electron chi connectivity index (χ0n) is 26.0. The first kappa shape index (κ1) is 30.4. The van der Waals surface area contributed by atoms with E-state index < -0.39 is 0 Å². The Kier molecular flexibility index (Phi) is 9.73. The van der Waals surface area contributed by atoms with Crippen LogP contribution in [0.15, 0.2) is 108 Å². The number of nitrogens with zero attached hydrogens (tertiary/aromatic N) is 6. The van der Waals surface area contributed by atoms with Gasteiger partial charge in [0.05, 0.1) is 30.3 Å². The molecule has 0 fully saturated rings. The number of aromatic nitrogens is 4. The Hall–Kier alpha value is -4.66. The summed E-state index contributed by atoms with van der Waals surface area (Å²) in [6.45, 7) is 6.61. The van der Waals surface area contributed by atoms with E-state index in [0.717, 1.165) is 55.0 Å². The van der Waals surface area contributed by atoms with E-state index in [9.17, 15) is 5.11 Å².